The Labute approximate surface area is 88.5 Å². The quantitative estimate of drug-likeness (QED) is 0.746. The lowest BCUT2D eigenvalue weighted by Gasteiger charge is -2.21. The Morgan fingerprint density at radius 1 is 1.36 bits per heavy atom. The molecule has 14 heavy (non-hydrogen) atoms. The van der Waals surface area contributed by atoms with E-state index in [4.69, 9.17) is 0 Å². The zero-order chi connectivity index (χ0) is 9.31. The maximum absolute atomic E-state index is 13.3. The molecular weight excluding hydrogens is 205 g/mol. The number of halogens is 2. The Balaban J connectivity index is 0.000000980. The Morgan fingerprint density at radius 3 is 2.64 bits per heavy atom. The van der Waals surface area contributed by atoms with Crippen LogP contribution in [0.2, 0.25) is 0 Å². The number of β-amino-alcohol motifs (C(OH)–C–C–N with tert-alkyl or cyclic N) is 1. The summed E-state index contributed by atoms with van der Waals surface area (Å²) in [6.45, 7) is 1.18. The average Bonchev–Trinajstić information content (AvgIpc) is 2.54. The van der Waals surface area contributed by atoms with Crippen molar-refractivity contribution in [1.29, 1.82) is 0 Å². The third kappa shape index (κ3) is 1.90. The molecule has 1 atom stereocenters. The van der Waals surface area contributed by atoms with Gasteiger partial charge in [-0.3, -0.25) is 0 Å². The lowest BCUT2D eigenvalue weighted by molar-refractivity contribution is 0.0549. The van der Waals surface area contributed by atoms with Crippen LogP contribution in [0.1, 0.15) is 12.0 Å². The molecule has 0 bridgehead atoms. The summed E-state index contributed by atoms with van der Waals surface area (Å²) in [4.78, 5) is 0. The first-order valence-electron chi connectivity index (χ1n) is 4.40. The van der Waals surface area contributed by atoms with Gasteiger partial charge in [0.15, 0.2) is 0 Å². The van der Waals surface area contributed by atoms with Gasteiger partial charge >= 0.3 is 0 Å². The molecule has 1 fully saturated rings. The van der Waals surface area contributed by atoms with Crippen molar-refractivity contribution in [3.05, 3.63) is 35.6 Å². The maximum atomic E-state index is 13.3. The number of rotatable bonds is 1. The first kappa shape index (κ1) is 11.4. The van der Waals surface area contributed by atoms with Crippen LogP contribution in [-0.4, -0.2) is 18.2 Å². The van der Waals surface area contributed by atoms with Crippen LogP contribution < -0.4 is 5.32 Å². The van der Waals surface area contributed by atoms with Gasteiger partial charge in [-0.15, -0.1) is 12.4 Å². The average molecular weight is 218 g/mol. The predicted molar refractivity (Wildman–Crippen MR) is 55.0 cm³/mol. The van der Waals surface area contributed by atoms with Gasteiger partial charge in [-0.25, -0.2) is 4.39 Å². The predicted octanol–water partition coefficient (Wildman–Crippen LogP) is 1.43. The summed E-state index contributed by atoms with van der Waals surface area (Å²) in [6, 6.07) is 6.40. The van der Waals surface area contributed by atoms with E-state index in [9.17, 15) is 9.50 Å². The molecule has 1 aliphatic heterocycles. The molecular formula is C10H13ClFNO. The first-order chi connectivity index (χ1) is 6.22. The molecule has 2 N–H and O–H groups in total. The van der Waals surface area contributed by atoms with E-state index in [1.54, 1.807) is 18.2 Å². The molecule has 0 aliphatic carbocycles. The molecule has 0 spiro atoms. The van der Waals surface area contributed by atoms with E-state index in [2.05, 4.69) is 5.32 Å². The molecule has 78 valence electrons. The summed E-state index contributed by atoms with van der Waals surface area (Å²) in [7, 11) is 0. The van der Waals surface area contributed by atoms with Gasteiger partial charge in [0.25, 0.3) is 0 Å². The molecule has 1 aliphatic rings. The van der Waals surface area contributed by atoms with Crippen molar-refractivity contribution in [3.8, 4) is 0 Å². The Kier molecular flexibility index (Phi) is 3.48. The van der Waals surface area contributed by atoms with Gasteiger partial charge in [-0.2, -0.15) is 0 Å². The summed E-state index contributed by atoms with van der Waals surface area (Å²) < 4.78 is 13.3. The molecule has 0 radical (unpaired) electrons. The molecule has 4 heteroatoms. The molecule has 1 unspecified atom stereocenters. The summed E-state index contributed by atoms with van der Waals surface area (Å²) in [6.07, 6.45) is 0.577. The van der Waals surface area contributed by atoms with Crippen molar-refractivity contribution in [2.24, 2.45) is 0 Å². The zero-order valence-corrected chi connectivity index (χ0v) is 8.48. The molecule has 1 aromatic rings. The van der Waals surface area contributed by atoms with Crippen molar-refractivity contribution in [2.75, 3.05) is 13.1 Å². The van der Waals surface area contributed by atoms with E-state index in [0.717, 1.165) is 6.54 Å². The third-order valence-corrected chi connectivity index (χ3v) is 2.51. The van der Waals surface area contributed by atoms with Crippen LogP contribution in [-0.2, 0) is 5.60 Å². The number of aliphatic hydroxyl groups is 1. The summed E-state index contributed by atoms with van der Waals surface area (Å²) in [5.74, 6) is -0.325. The minimum atomic E-state index is -1.01. The van der Waals surface area contributed by atoms with Crippen LogP contribution in [0.25, 0.3) is 0 Å². The molecule has 2 rings (SSSR count). The highest BCUT2D eigenvalue weighted by molar-refractivity contribution is 5.85. The zero-order valence-electron chi connectivity index (χ0n) is 7.66. The van der Waals surface area contributed by atoms with Crippen LogP contribution in [0.15, 0.2) is 24.3 Å². The largest absolute Gasteiger partial charge is 0.384 e. The Bertz CT molecular complexity index is 313. The SMILES string of the molecule is Cl.OC1(c2ccccc2F)CCNC1. The van der Waals surface area contributed by atoms with Gasteiger partial charge < -0.3 is 10.4 Å². The van der Waals surface area contributed by atoms with Crippen LogP contribution in [0.3, 0.4) is 0 Å². The summed E-state index contributed by atoms with van der Waals surface area (Å²) in [5.41, 5.74) is -0.606. The number of nitrogens with one attached hydrogen (secondary N) is 1. The normalized spacial score (nSPS) is 25.9. The Hall–Kier alpha value is -0.640. The van der Waals surface area contributed by atoms with E-state index >= 15 is 0 Å². The molecule has 0 amide bonds. The van der Waals surface area contributed by atoms with Crippen LogP contribution >= 0.6 is 12.4 Å². The second-order valence-electron chi connectivity index (χ2n) is 3.44. The third-order valence-electron chi connectivity index (χ3n) is 2.51. The standard InChI is InChI=1S/C10H12FNO.ClH/c11-9-4-2-1-3-8(9)10(13)5-6-12-7-10;/h1-4,12-13H,5-7H2;1H. The van der Waals surface area contributed by atoms with Gasteiger partial charge in [0, 0.05) is 12.1 Å². The smallest absolute Gasteiger partial charge is 0.129 e. The fourth-order valence-corrected chi connectivity index (χ4v) is 1.75. The Morgan fingerprint density at radius 2 is 2.07 bits per heavy atom. The molecule has 1 aromatic carbocycles. The van der Waals surface area contributed by atoms with E-state index in [-0.39, 0.29) is 18.2 Å². The second-order valence-corrected chi connectivity index (χ2v) is 3.44. The second kappa shape index (κ2) is 4.26. The highest BCUT2D eigenvalue weighted by Gasteiger charge is 2.34. The molecule has 1 saturated heterocycles. The van der Waals surface area contributed by atoms with Gasteiger partial charge in [-0.05, 0) is 19.0 Å². The molecule has 2 nitrogen and oxygen atoms in total. The van der Waals surface area contributed by atoms with Crippen molar-refractivity contribution in [1.82, 2.24) is 5.32 Å². The van der Waals surface area contributed by atoms with Gasteiger partial charge in [0.05, 0.1) is 0 Å². The first-order valence-corrected chi connectivity index (χ1v) is 4.40. The van der Waals surface area contributed by atoms with E-state index in [0.29, 0.717) is 18.5 Å². The van der Waals surface area contributed by atoms with Crippen LogP contribution in [0.5, 0.6) is 0 Å². The van der Waals surface area contributed by atoms with Crippen molar-refractivity contribution in [3.63, 3.8) is 0 Å². The van der Waals surface area contributed by atoms with Crippen molar-refractivity contribution < 1.29 is 9.50 Å². The maximum Gasteiger partial charge on any atom is 0.129 e. The minimum absolute atomic E-state index is 0. The summed E-state index contributed by atoms with van der Waals surface area (Å²) in [5, 5.41) is 13.1. The fraction of sp³-hybridized carbons (Fsp3) is 0.400. The number of benzene rings is 1. The lowest BCUT2D eigenvalue weighted by atomic mass is 9.93. The molecule has 0 saturated carbocycles. The fourth-order valence-electron chi connectivity index (χ4n) is 1.75. The lowest BCUT2D eigenvalue weighted by Crippen LogP contribution is -2.29. The summed E-state index contributed by atoms with van der Waals surface area (Å²) >= 11 is 0. The highest BCUT2D eigenvalue weighted by Crippen LogP contribution is 2.29. The van der Waals surface area contributed by atoms with E-state index < -0.39 is 5.60 Å². The highest BCUT2D eigenvalue weighted by atomic mass is 35.5. The van der Waals surface area contributed by atoms with Crippen LogP contribution in [0.4, 0.5) is 4.39 Å². The van der Waals surface area contributed by atoms with Gasteiger partial charge in [0.2, 0.25) is 0 Å². The van der Waals surface area contributed by atoms with E-state index in [1.807, 2.05) is 0 Å². The topological polar surface area (TPSA) is 32.3 Å². The van der Waals surface area contributed by atoms with Crippen LogP contribution in [0, 0.1) is 5.82 Å². The van der Waals surface area contributed by atoms with Crippen molar-refractivity contribution in [2.45, 2.75) is 12.0 Å². The molecule has 0 aromatic heterocycles. The van der Waals surface area contributed by atoms with E-state index in [1.165, 1.54) is 6.07 Å². The minimum Gasteiger partial charge on any atom is -0.384 e. The number of hydrogen-bond acceptors (Lipinski definition) is 2. The monoisotopic (exact) mass is 217 g/mol. The van der Waals surface area contributed by atoms with Gasteiger partial charge in [-0.1, -0.05) is 18.2 Å². The van der Waals surface area contributed by atoms with Crippen molar-refractivity contribution >= 4 is 12.4 Å². The number of hydrogen-bond donors (Lipinski definition) is 2. The molecule has 1 heterocycles. The van der Waals surface area contributed by atoms with Gasteiger partial charge in [0.1, 0.15) is 11.4 Å².